The van der Waals surface area contributed by atoms with E-state index in [0.29, 0.717) is 12.5 Å². The molecule has 0 aromatic heterocycles. The van der Waals surface area contributed by atoms with Crippen molar-refractivity contribution in [2.24, 2.45) is 16.7 Å². The summed E-state index contributed by atoms with van der Waals surface area (Å²) in [5.74, 6) is 1.40. The lowest BCUT2D eigenvalue weighted by molar-refractivity contribution is -0.132. The quantitative estimate of drug-likeness (QED) is 0.756. The second-order valence-electron chi connectivity index (χ2n) is 9.48. The van der Waals surface area contributed by atoms with Crippen LogP contribution in [-0.2, 0) is 11.3 Å². The lowest BCUT2D eigenvalue weighted by Crippen LogP contribution is -2.51. The maximum Gasteiger partial charge on any atom is 0.317 e. The fraction of sp³-hybridized carbons (Fsp3) is 0.667. The summed E-state index contributed by atoms with van der Waals surface area (Å²) < 4.78 is 5.26. The molecule has 0 unspecified atom stereocenters. The first-order valence-electron chi connectivity index (χ1n) is 11.6. The van der Waals surface area contributed by atoms with Crippen LogP contribution in [0.4, 0.5) is 4.79 Å². The molecule has 2 aliphatic heterocycles. The molecule has 3 aliphatic rings. The zero-order valence-electron chi connectivity index (χ0n) is 19.1. The van der Waals surface area contributed by atoms with E-state index >= 15 is 0 Å². The smallest absolute Gasteiger partial charge is 0.317 e. The number of fused-ring (bicyclic) bond motifs is 2. The van der Waals surface area contributed by atoms with Crippen LogP contribution in [0.25, 0.3) is 0 Å². The molecule has 0 bridgehead atoms. The summed E-state index contributed by atoms with van der Waals surface area (Å²) >= 11 is 0. The van der Waals surface area contributed by atoms with E-state index in [9.17, 15) is 9.59 Å². The Morgan fingerprint density at radius 1 is 1.19 bits per heavy atom. The summed E-state index contributed by atoms with van der Waals surface area (Å²) in [5, 5.41) is 6.01. The molecule has 1 aliphatic carbocycles. The number of nitrogens with zero attached hydrogens (tertiary/aromatic N) is 2. The molecule has 170 valence electrons. The van der Waals surface area contributed by atoms with Crippen molar-refractivity contribution < 1.29 is 14.3 Å². The molecule has 2 heterocycles. The Hall–Kier alpha value is -2.28. The highest BCUT2D eigenvalue weighted by Crippen LogP contribution is 2.62. The van der Waals surface area contributed by atoms with Crippen LogP contribution in [0, 0.1) is 16.7 Å². The van der Waals surface area contributed by atoms with E-state index in [-0.39, 0.29) is 22.8 Å². The van der Waals surface area contributed by atoms with Gasteiger partial charge < -0.3 is 25.2 Å². The molecular weight excluding hydrogens is 392 g/mol. The monoisotopic (exact) mass is 428 g/mol. The molecular formula is C24H36N4O3. The van der Waals surface area contributed by atoms with Crippen molar-refractivity contribution in [1.82, 2.24) is 20.4 Å². The maximum absolute atomic E-state index is 12.9. The predicted molar refractivity (Wildman–Crippen MR) is 120 cm³/mol. The number of hydrogen-bond acceptors (Lipinski definition) is 4. The SMILES string of the molecule is CCN1C[C@H]2C3(CCN(C(=O)NCc4cccc(OC)c4)CC3)CC[C@@]2(C(=O)NC)C1. The molecule has 3 fully saturated rings. The van der Waals surface area contributed by atoms with Crippen LogP contribution < -0.4 is 15.4 Å². The third kappa shape index (κ3) is 3.88. The van der Waals surface area contributed by atoms with Gasteiger partial charge in [0.2, 0.25) is 5.91 Å². The number of rotatable bonds is 5. The van der Waals surface area contributed by atoms with Crippen LogP contribution in [0.2, 0.25) is 0 Å². The Kier molecular flexibility index (Phi) is 6.15. The van der Waals surface area contributed by atoms with Crippen molar-refractivity contribution in [3.63, 3.8) is 0 Å². The van der Waals surface area contributed by atoms with Crippen molar-refractivity contribution in [3.8, 4) is 5.75 Å². The Labute approximate surface area is 185 Å². The van der Waals surface area contributed by atoms with Gasteiger partial charge in [-0.05, 0) is 61.3 Å². The van der Waals surface area contributed by atoms with E-state index < -0.39 is 0 Å². The van der Waals surface area contributed by atoms with E-state index in [2.05, 4.69) is 22.5 Å². The summed E-state index contributed by atoms with van der Waals surface area (Å²) in [6, 6.07) is 7.77. The molecule has 2 atom stereocenters. The van der Waals surface area contributed by atoms with Crippen molar-refractivity contribution in [2.75, 3.05) is 46.9 Å². The third-order valence-electron chi connectivity index (χ3n) is 8.17. The fourth-order valence-electron chi connectivity index (χ4n) is 6.34. The topological polar surface area (TPSA) is 73.9 Å². The zero-order valence-corrected chi connectivity index (χ0v) is 19.1. The van der Waals surface area contributed by atoms with E-state index in [1.165, 1.54) is 0 Å². The molecule has 2 N–H and O–H groups in total. The van der Waals surface area contributed by atoms with Gasteiger partial charge in [-0.15, -0.1) is 0 Å². The fourth-order valence-corrected chi connectivity index (χ4v) is 6.34. The minimum absolute atomic E-state index is 0.00478. The second kappa shape index (κ2) is 8.69. The molecule has 3 amide bonds. The number of nitrogens with one attached hydrogen (secondary N) is 2. The average molecular weight is 429 g/mol. The van der Waals surface area contributed by atoms with Crippen molar-refractivity contribution in [3.05, 3.63) is 29.8 Å². The van der Waals surface area contributed by atoms with Gasteiger partial charge in [0, 0.05) is 39.8 Å². The summed E-state index contributed by atoms with van der Waals surface area (Å²) in [4.78, 5) is 30.1. The highest BCUT2D eigenvalue weighted by Gasteiger charge is 2.63. The molecule has 7 nitrogen and oxygen atoms in total. The number of carbonyl (C=O) groups is 2. The van der Waals surface area contributed by atoms with E-state index in [1.54, 1.807) is 14.2 Å². The molecule has 1 spiro atoms. The number of hydrogen-bond donors (Lipinski definition) is 2. The lowest BCUT2D eigenvalue weighted by Gasteiger charge is -2.44. The standard InChI is InChI=1S/C24H36N4O3/c1-4-27-16-20-23(8-9-24(20,17-27)21(29)25-2)10-12-28(13-11-23)22(30)26-15-18-6-5-7-19(14-18)31-3/h5-7,14,20H,4,8-13,15-17H2,1-3H3,(H,25,29)(H,26,30)/t20-,24+/m0/s1. The first kappa shape index (κ1) is 21.9. The second-order valence-corrected chi connectivity index (χ2v) is 9.48. The van der Waals surface area contributed by atoms with E-state index in [1.807, 2.05) is 29.2 Å². The molecule has 1 saturated carbocycles. The third-order valence-corrected chi connectivity index (χ3v) is 8.17. The summed E-state index contributed by atoms with van der Waals surface area (Å²) in [6.07, 6.45) is 4.04. The van der Waals surface area contributed by atoms with Gasteiger partial charge in [-0.3, -0.25) is 4.79 Å². The Morgan fingerprint density at radius 2 is 1.97 bits per heavy atom. The highest BCUT2D eigenvalue weighted by molar-refractivity contribution is 5.84. The number of methoxy groups -OCH3 is 1. The Balaban J connectivity index is 1.37. The molecule has 1 aromatic rings. The minimum Gasteiger partial charge on any atom is -0.497 e. The van der Waals surface area contributed by atoms with E-state index in [0.717, 1.165) is 69.7 Å². The number of carbonyl (C=O) groups excluding carboxylic acids is 2. The van der Waals surface area contributed by atoms with Crippen LogP contribution in [0.1, 0.15) is 38.2 Å². The van der Waals surface area contributed by atoms with Gasteiger partial charge in [-0.2, -0.15) is 0 Å². The van der Waals surface area contributed by atoms with Gasteiger partial charge in [-0.25, -0.2) is 4.79 Å². The van der Waals surface area contributed by atoms with Crippen LogP contribution in [0.15, 0.2) is 24.3 Å². The molecule has 31 heavy (non-hydrogen) atoms. The zero-order chi connectivity index (χ0) is 22.1. The highest BCUT2D eigenvalue weighted by atomic mass is 16.5. The Bertz CT molecular complexity index is 821. The van der Waals surface area contributed by atoms with Gasteiger partial charge in [-0.1, -0.05) is 19.1 Å². The minimum atomic E-state index is -0.248. The van der Waals surface area contributed by atoms with Crippen LogP contribution in [0.5, 0.6) is 5.75 Å². The number of amides is 3. The van der Waals surface area contributed by atoms with Gasteiger partial charge in [0.1, 0.15) is 5.75 Å². The molecule has 2 saturated heterocycles. The van der Waals surface area contributed by atoms with Crippen molar-refractivity contribution in [1.29, 1.82) is 0 Å². The van der Waals surface area contributed by atoms with Gasteiger partial charge in [0.05, 0.1) is 12.5 Å². The summed E-state index contributed by atoms with van der Waals surface area (Å²) in [7, 11) is 3.41. The van der Waals surface area contributed by atoms with Crippen LogP contribution in [0.3, 0.4) is 0 Å². The average Bonchev–Trinajstić information content (AvgIpc) is 3.34. The molecule has 1 aromatic carbocycles. The van der Waals surface area contributed by atoms with Gasteiger partial charge in [0.25, 0.3) is 0 Å². The normalized spacial score (nSPS) is 27.2. The van der Waals surface area contributed by atoms with E-state index in [4.69, 9.17) is 4.74 Å². The largest absolute Gasteiger partial charge is 0.497 e. The number of piperidine rings is 1. The molecule has 4 rings (SSSR count). The first-order chi connectivity index (χ1) is 15.0. The van der Waals surface area contributed by atoms with Gasteiger partial charge in [0.15, 0.2) is 0 Å². The Morgan fingerprint density at radius 3 is 2.65 bits per heavy atom. The predicted octanol–water partition coefficient (Wildman–Crippen LogP) is 2.46. The van der Waals surface area contributed by atoms with Crippen molar-refractivity contribution in [2.45, 2.75) is 39.2 Å². The molecule has 0 radical (unpaired) electrons. The summed E-state index contributed by atoms with van der Waals surface area (Å²) in [6.45, 7) is 7.06. The number of likely N-dealkylation sites (tertiary alicyclic amines) is 2. The maximum atomic E-state index is 12.9. The van der Waals surface area contributed by atoms with Crippen molar-refractivity contribution >= 4 is 11.9 Å². The lowest BCUT2D eigenvalue weighted by atomic mass is 9.65. The number of ether oxygens (including phenoxy) is 1. The van der Waals surface area contributed by atoms with Crippen LogP contribution in [-0.4, -0.2) is 68.6 Å². The molecule has 7 heteroatoms. The number of benzene rings is 1. The first-order valence-corrected chi connectivity index (χ1v) is 11.6. The van der Waals surface area contributed by atoms with Crippen LogP contribution >= 0.6 is 0 Å². The summed E-state index contributed by atoms with van der Waals surface area (Å²) in [5.41, 5.74) is 0.958. The number of urea groups is 1. The van der Waals surface area contributed by atoms with Gasteiger partial charge >= 0.3 is 6.03 Å².